The van der Waals surface area contributed by atoms with Gasteiger partial charge in [0.1, 0.15) is 4.90 Å². The molecule has 0 saturated carbocycles. The van der Waals surface area contributed by atoms with Gasteiger partial charge in [0.05, 0.1) is 0 Å². The van der Waals surface area contributed by atoms with E-state index in [1.165, 1.54) is 0 Å². The topological polar surface area (TPSA) is 61.8 Å². The highest BCUT2D eigenvalue weighted by atomic mass is 32.2. The molecular weight excluding hydrogens is 274 g/mol. The standard InChI is InChI=1S/C14H19N3O2S/c1-2-9-17(11-7-8-15-10-11)14-12-5-3-4-6-13(12)20(18,19)16-14/h3-6,11,15H,2,7-10H2,1H3. The quantitative estimate of drug-likeness (QED) is 0.910. The molecule has 1 N–H and O–H groups in total. The van der Waals surface area contributed by atoms with E-state index in [0.29, 0.717) is 16.8 Å². The molecule has 1 atom stereocenters. The first-order valence-corrected chi connectivity index (χ1v) is 8.49. The third-order valence-corrected chi connectivity index (χ3v) is 5.15. The summed E-state index contributed by atoms with van der Waals surface area (Å²) in [5, 5.41) is 3.33. The Balaban J connectivity index is 2.03. The summed E-state index contributed by atoms with van der Waals surface area (Å²) in [7, 11) is -3.52. The number of nitrogens with zero attached hydrogens (tertiary/aromatic N) is 2. The Hall–Kier alpha value is -1.40. The molecule has 5 nitrogen and oxygen atoms in total. The van der Waals surface area contributed by atoms with E-state index in [4.69, 9.17) is 0 Å². The highest BCUT2D eigenvalue weighted by molar-refractivity contribution is 7.90. The first kappa shape index (κ1) is 13.6. The van der Waals surface area contributed by atoms with Crippen molar-refractivity contribution < 1.29 is 8.42 Å². The van der Waals surface area contributed by atoms with Crippen molar-refractivity contribution in [2.45, 2.75) is 30.7 Å². The van der Waals surface area contributed by atoms with E-state index in [2.05, 4.69) is 21.5 Å². The summed E-state index contributed by atoms with van der Waals surface area (Å²) in [5.41, 5.74) is 0.743. The molecule has 0 amide bonds. The number of fused-ring (bicyclic) bond motifs is 1. The number of amidine groups is 1. The second kappa shape index (κ2) is 5.18. The molecule has 0 bridgehead atoms. The van der Waals surface area contributed by atoms with Gasteiger partial charge in [-0.2, -0.15) is 8.42 Å². The zero-order valence-electron chi connectivity index (χ0n) is 11.5. The molecule has 1 unspecified atom stereocenters. The average molecular weight is 293 g/mol. The lowest BCUT2D eigenvalue weighted by atomic mass is 10.1. The lowest BCUT2D eigenvalue weighted by Crippen LogP contribution is -2.42. The smallest absolute Gasteiger partial charge is 0.285 e. The first-order chi connectivity index (χ1) is 9.63. The molecule has 2 aliphatic rings. The van der Waals surface area contributed by atoms with Gasteiger partial charge in [-0.25, -0.2) is 0 Å². The number of sulfonamides is 1. The van der Waals surface area contributed by atoms with E-state index < -0.39 is 10.0 Å². The molecule has 1 aromatic rings. The zero-order chi connectivity index (χ0) is 14.2. The summed E-state index contributed by atoms with van der Waals surface area (Å²) in [4.78, 5) is 2.49. The Kier molecular flexibility index (Phi) is 3.52. The van der Waals surface area contributed by atoms with Crippen LogP contribution in [0.4, 0.5) is 0 Å². The lowest BCUT2D eigenvalue weighted by Gasteiger charge is -2.30. The van der Waals surface area contributed by atoms with E-state index in [9.17, 15) is 8.42 Å². The normalized spacial score (nSPS) is 23.4. The van der Waals surface area contributed by atoms with Crippen LogP contribution >= 0.6 is 0 Å². The Morgan fingerprint density at radius 1 is 1.40 bits per heavy atom. The van der Waals surface area contributed by atoms with Crippen molar-refractivity contribution >= 4 is 15.9 Å². The SMILES string of the molecule is CCCN(C1=NS(=O)(=O)c2ccccc21)C1CCNC1. The molecule has 1 saturated heterocycles. The predicted molar refractivity (Wildman–Crippen MR) is 78.4 cm³/mol. The van der Waals surface area contributed by atoms with Crippen molar-refractivity contribution in [1.82, 2.24) is 10.2 Å². The van der Waals surface area contributed by atoms with Gasteiger partial charge in [-0.15, -0.1) is 4.40 Å². The maximum absolute atomic E-state index is 12.2. The second-order valence-corrected chi connectivity index (χ2v) is 6.80. The summed E-state index contributed by atoms with van der Waals surface area (Å²) in [5.74, 6) is 0.621. The fourth-order valence-electron chi connectivity index (χ4n) is 2.90. The lowest BCUT2D eigenvalue weighted by molar-refractivity contribution is 0.330. The minimum Gasteiger partial charge on any atom is -0.351 e. The molecular formula is C14H19N3O2S. The summed E-state index contributed by atoms with van der Waals surface area (Å²) >= 11 is 0. The van der Waals surface area contributed by atoms with E-state index in [1.54, 1.807) is 12.1 Å². The van der Waals surface area contributed by atoms with Crippen LogP contribution < -0.4 is 5.32 Å². The number of hydrogen-bond donors (Lipinski definition) is 1. The molecule has 6 heteroatoms. The molecule has 108 valence electrons. The predicted octanol–water partition coefficient (Wildman–Crippen LogP) is 1.21. The Morgan fingerprint density at radius 3 is 2.90 bits per heavy atom. The molecule has 2 aliphatic heterocycles. The third kappa shape index (κ3) is 2.23. The van der Waals surface area contributed by atoms with Crippen LogP contribution in [-0.2, 0) is 10.0 Å². The molecule has 0 spiro atoms. The van der Waals surface area contributed by atoms with E-state index >= 15 is 0 Å². The highest BCUT2D eigenvalue weighted by Crippen LogP contribution is 2.29. The Labute approximate surface area is 119 Å². The van der Waals surface area contributed by atoms with Gasteiger partial charge >= 0.3 is 0 Å². The number of nitrogens with one attached hydrogen (secondary N) is 1. The van der Waals surface area contributed by atoms with Crippen molar-refractivity contribution in [2.24, 2.45) is 4.40 Å². The maximum atomic E-state index is 12.2. The number of rotatable bonds is 3. The molecule has 1 fully saturated rings. The van der Waals surface area contributed by atoms with Crippen LogP contribution in [0, 0.1) is 0 Å². The van der Waals surface area contributed by atoms with Crippen molar-refractivity contribution in [1.29, 1.82) is 0 Å². The Bertz CT molecular complexity index is 634. The van der Waals surface area contributed by atoms with Gasteiger partial charge in [-0.3, -0.25) is 0 Å². The highest BCUT2D eigenvalue weighted by Gasteiger charge is 2.34. The van der Waals surface area contributed by atoms with Gasteiger partial charge in [0, 0.05) is 24.7 Å². The molecule has 3 rings (SSSR count). The number of hydrogen-bond acceptors (Lipinski definition) is 4. The van der Waals surface area contributed by atoms with Gasteiger partial charge in [-0.05, 0) is 31.5 Å². The number of benzene rings is 1. The second-order valence-electron chi connectivity index (χ2n) is 5.23. The van der Waals surface area contributed by atoms with Gasteiger partial charge < -0.3 is 10.2 Å². The zero-order valence-corrected chi connectivity index (χ0v) is 12.4. The van der Waals surface area contributed by atoms with Crippen molar-refractivity contribution in [3.05, 3.63) is 29.8 Å². The van der Waals surface area contributed by atoms with Gasteiger partial charge in [0.15, 0.2) is 5.84 Å². The molecule has 0 aliphatic carbocycles. The van der Waals surface area contributed by atoms with Crippen LogP contribution in [0.1, 0.15) is 25.3 Å². The summed E-state index contributed by atoms with van der Waals surface area (Å²) < 4.78 is 28.4. The summed E-state index contributed by atoms with van der Waals surface area (Å²) in [6.07, 6.45) is 2.00. The first-order valence-electron chi connectivity index (χ1n) is 7.05. The van der Waals surface area contributed by atoms with E-state index in [-0.39, 0.29) is 0 Å². The van der Waals surface area contributed by atoms with Gasteiger partial charge in [0.25, 0.3) is 10.0 Å². The average Bonchev–Trinajstić information content (AvgIpc) is 3.04. The Morgan fingerprint density at radius 2 is 2.20 bits per heavy atom. The van der Waals surface area contributed by atoms with Crippen LogP contribution in [0.25, 0.3) is 0 Å². The summed E-state index contributed by atoms with van der Waals surface area (Å²) in [6.45, 7) is 4.80. The van der Waals surface area contributed by atoms with Crippen molar-refractivity contribution in [3.63, 3.8) is 0 Å². The van der Waals surface area contributed by atoms with Crippen molar-refractivity contribution in [3.8, 4) is 0 Å². The minimum atomic E-state index is -3.52. The molecule has 0 aromatic heterocycles. The molecule has 2 heterocycles. The van der Waals surface area contributed by atoms with E-state index in [0.717, 1.165) is 38.0 Å². The van der Waals surface area contributed by atoms with Crippen LogP contribution in [0.2, 0.25) is 0 Å². The molecule has 20 heavy (non-hydrogen) atoms. The maximum Gasteiger partial charge on any atom is 0.285 e. The fraction of sp³-hybridized carbons (Fsp3) is 0.500. The minimum absolute atomic E-state index is 0.329. The van der Waals surface area contributed by atoms with Gasteiger partial charge in [-0.1, -0.05) is 19.1 Å². The van der Waals surface area contributed by atoms with Crippen molar-refractivity contribution in [2.75, 3.05) is 19.6 Å². The largest absolute Gasteiger partial charge is 0.351 e. The third-order valence-electron chi connectivity index (χ3n) is 3.82. The van der Waals surface area contributed by atoms with Crippen LogP contribution in [0.3, 0.4) is 0 Å². The summed E-state index contributed by atoms with van der Waals surface area (Å²) in [6, 6.07) is 7.43. The van der Waals surface area contributed by atoms with Crippen LogP contribution in [0.15, 0.2) is 33.6 Å². The van der Waals surface area contributed by atoms with Gasteiger partial charge in [0.2, 0.25) is 0 Å². The fourth-order valence-corrected chi connectivity index (χ4v) is 4.12. The monoisotopic (exact) mass is 293 g/mol. The molecule has 0 radical (unpaired) electrons. The van der Waals surface area contributed by atoms with Crippen LogP contribution in [0.5, 0.6) is 0 Å². The van der Waals surface area contributed by atoms with Crippen LogP contribution in [-0.4, -0.2) is 44.8 Å². The molecule has 1 aromatic carbocycles. The van der Waals surface area contributed by atoms with E-state index in [1.807, 2.05) is 12.1 Å².